The Morgan fingerprint density at radius 3 is 2.29 bits per heavy atom. The van der Waals surface area contributed by atoms with Gasteiger partial charge in [-0.2, -0.15) is 0 Å². The van der Waals surface area contributed by atoms with Crippen LogP contribution in [0, 0.1) is 5.41 Å². The van der Waals surface area contributed by atoms with Crippen molar-refractivity contribution >= 4 is 30.9 Å². The van der Waals surface area contributed by atoms with Crippen molar-refractivity contribution in [3.05, 3.63) is 59.0 Å². The lowest BCUT2D eigenvalue weighted by atomic mass is 9.73. The zero-order valence-corrected chi connectivity index (χ0v) is 26.0. The van der Waals surface area contributed by atoms with Crippen LogP contribution in [0.4, 0.5) is 9.59 Å². The predicted molar refractivity (Wildman–Crippen MR) is 158 cm³/mol. The van der Waals surface area contributed by atoms with Gasteiger partial charge in [0, 0.05) is 29.6 Å². The normalized spacial score (nSPS) is 20.2. The van der Waals surface area contributed by atoms with Gasteiger partial charge in [-0.05, 0) is 59.6 Å². The molecule has 2 atom stereocenters. The van der Waals surface area contributed by atoms with Crippen molar-refractivity contribution in [1.82, 2.24) is 15.5 Å². The largest absolute Gasteiger partial charge is 0.493 e. The Kier molecular flexibility index (Phi) is 10.3. The summed E-state index contributed by atoms with van der Waals surface area (Å²) in [6, 6.07) is 9.17. The second-order valence-electron chi connectivity index (χ2n) is 13.1. The number of carbonyl (C=O) groups is 2. The van der Waals surface area contributed by atoms with E-state index in [1.165, 1.54) is 0 Å². The van der Waals surface area contributed by atoms with E-state index in [1.807, 2.05) is 65.0 Å². The molecule has 0 saturated carbocycles. The first-order chi connectivity index (χ1) is 18.9. The Morgan fingerprint density at radius 2 is 1.76 bits per heavy atom. The monoisotopic (exact) mass is 591 g/mol. The second-order valence-corrected chi connectivity index (χ2v) is 13.5. The number of hydrogen-bond donors (Lipinski definition) is 3. The van der Waals surface area contributed by atoms with Crippen LogP contribution >= 0.6 is 11.6 Å². The molecule has 2 aliphatic rings. The Bertz CT molecular complexity index is 1140. The Labute approximate surface area is 248 Å². The fourth-order valence-electron chi connectivity index (χ4n) is 4.46. The first-order valence-electron chi connectivity index (χ1n) is 13.7. The lowest BCUT2D eigenvalue weighted by Gasteiger charge is -2.46. The third kappa shape index (κ3) is 9.58. The average molecular weight is 592 g/mol. The Balaban J connectivity index is 1.96. The molecule has 2 amide bonds. The maximum Gasteiger partial charge on any atom is 0.493 e. The van der Waals surface area contributed by atoms with E-state index in [0.717, 1.165) is 5.56 Å². The molecule has 0 aromatic heterocycles. The summed E-state index contributed by atoms with van der Waals surface area (Å²) in [4.78, 5) is 26.3. The van der Waals surface area contributed by atoms with E-state index in [-0.39, 0.29) is 23.6 Å². The van der Waals surface area contributed by atoms with Crippen molar-refractivity contribution in [2.45, 2.75) is 84.5 Å². The van der Waals surface area contributed by atoms with E-state index in [4.69, 9.17) is 30.4 Å². The van der Waals surface area contributed by atoms with Gasteiger partial charge in [-0.3, -0.25) is 5.32 Å². The number of carboxylic acid groups (broad SMARTS) is 1. The van der Waals surface area contributed by atoms with E-state index in [2.05, 4.69) is 10.6 Å². The molecule has 12 heteroatoms. The van der Waals surface area contributed by atoms with E-state index in [0.29, 0.717) is 25.1 Å². The third-order valence-electron chi connectivity index (χ3n) is 6.23. The van der Waals surface area contributed by atoms with Crippen LogP contribution in [0.25, 0.3) is 0 Å². The van der Waals surface area contributed by atoms with Crippen molar-refractivity contribution in [2.24, 2.45) is 5.41 Å². The molecule has 226 valence electrons. The molecule has 1 saturated heterocycles. The molecule has 1 aromatic rings. The number of rotatable bonds is 8. The van der Waals surface area contributed by atoms with Crippen LogP contribution in [0.3, 0.4) is 0 Å². The van der Waals surface area contributed by atoms with Crippen molar-refractivity contribution in [3.8, 4) is 0 Å². The fraction of sp³-hybridized carbons (Fsp3) is 0.586. The lowest BCUT2D eigenvalue weighted by molar-refractivity contribution is 0.0295. The first-order valence-corrected chi connectivity index (χ1v) is 14.2. The molecule has 1 aromatic carbocycles. The molecule has 1 unspecified atom stereocenters. The Hall–Kier alpha value is -2.89. The zero-order valence-electron chi connectivity index (χ0n) is 25.2. The van der Waals surface area contributed by atoms with Gasteiger partial charge in [-0.25, -0.2) is 9.59 Å². The van der Waals surface area contributed by atoms with Crippen LogP contribution in [-0.4, -0.2) is 71.8 Å². The molecule has 3 rings (SSSR count). The molecule has 10 nitrogen and oxygen atoms in total. The number of ether oxygens (including phenoxy) is 2. The van der Waals surface area contributed by atoms with Gasteiger partial charge in [-0.1, -0.05) is 55.8 Å². The highest BCUT2D eigenvalue weighted by molar-refractivity contribution is 6.56. The van der Waals surface area contributed by atoms with Crippen molar-refractivity contribution in [3.63, 3.8) is 0 Å². The number of amides is 2. The van der Waals surface area contributed by atoms with Gasteiger partial charge in [0.05, 0.1) is 6.04 Å². The molecule has 0 spiro atoms. The van der Waals surface area contributed by atoms with Crippen LogP contribution in [0.2, 0.25) is 0 Å². The van der Waals surface area contributed by atoms with E-state index >= 15 is 0 Å². The number of benzene rings is 1. The highest BCUT2D eigenvalue weighted by atomic mass is 35.5. The standard InChI is InChI=1S/C29H43BClN3O7/c1-27(2,3)34-23(31)21(30-39-17-29(7,8)18-40-30)15-22(24(34)33-25(35)36)38-16-20(14-19-12-10-9-11-13-19)32-26(37)41-28(4,5)6/h9-13,15,20,23,33H,14,16-18H2,1-8H3,(H,32,37)(H,35,36)/t20-,23?/m0/s1. The minimum Gasteiger partial charge on any atom is -0.488 e. The highest BCUT2D eigenvalue weighted by Crippen LogP contribution is 2.37. The maximum absolute atomic E-state index is 12.7. The quantitative estimate of drug-likeness (QED) is 0.212. The maximum atomic E-state index is 12.7. The second kappa shape index (κ2) is 13.0. The van der Waals surface area contributed by atoms with Crippen molar-refractivity contribution in [1.29, 1.82) is 0 Å². The number of carbonyl (C=O) groups excluding carboxylic acids is 1. The molecular weight excluding hydrogens is 549 g/mol. The number of hydrogen-bond acceptors (Lipinski definition) is 7. The lowest BCUT2D eigenvalue weighted by Crippen LogP contribution is -2.55. The Morgan fingerprint density at radius 1 is 1.15 bits per heavy atom. The van der Waals surface area contributed by atoms with Gasteiger partial charge in [0.1, 0.15) is 17.7 Å². The number of nitrogens with one attached hydrogen (secondary N) is 2. The third-order valence-corrected chi connectivity index (χ3v) is 6.68. The summed E-state index contributed by atoms with van der Waals surface area (Å²) >= 11 is 6.98. The number of nitrogens with zero attached hydrogens (tertiary/aromatic N) is 1. The number of alkyl carbamates (subject to hydrolysis) is 1. The molecule has 1 fully saturated rings. The summed E-state index contributed by atoms with van der Waals surface area (Å²) in [5.41, 5.74) is -0.663. The summed E-state index contributed by atoms with van der Waals surface area (Å²) in [5, 5.41) is 15.1. The summed E-state index contributed by atoms with van der Waals surface area (Å²) in [6.45, 7) is 16.2. The van der Waals surface area contributed by atoms with Crippen LogP contribution in [-0.2, 0) is 25.2 Å². The van der Waals surface area contributed by atoms with Gasteiger partial charge in [0.2, 0.25) is 0 Å². The minimum atomic E-state index is -1.27. The van der Waals surface area contributed by atoms with E-state index < -0.39 is 42.0 Å². The first kappa shape index (κ1) is 32.6. The molecular formula is C29H43BClN3O7. The highest BCUT2D eigenvalue weighted by Gasteiger charge is 2.45. The topological polar surface area (TPSA) is 119 Å². The van der Waals surface area contributed by atoms with Gasteiger partial charge in [0.25, 0.3) is 0 Å². The summed E-state index contributed by atoms with van der Waals surface area (Å²) in [5.74, 6) is 0.413. The van der Waals surface area contributed by atoms with Crippen LogP contribution in [0.5, 0.6) is 0 Å². The van der Waals surface area contributed by atoms with Crippen LogP contribution in [0.1, 0.15) is 61.0 Å². The van der Waals surface area contributed by atoms with Crippen molar-refractivity contribution < 1.29 is 33.5 Å². The zero-order chi connectivity index (χ0) is 30.6. The summed E-state index contributed by atoms with van der Waals surface area (Å²) < 4.78 is 23.9. The molecule has 3 N–H and O–H groups in total. The van der Waals surface area contributed by atoms with Crippen LogP contribution < -0.4 is 10.6 Å². The molecule has 0 radical (unpaired) electrons. The van der Waals surface area contributed by atoms with Gasteiger partial charge >= 0.3 is 19.3 Å². The SMILES string of the molecule is CC1(C)COB(C2=CC(OC[C@H](Cc3ccccc3)NC(=O)OC(C)(C)C)=C(NC(=O)O)N(C(C)(C)C)C2Cl)OC1. The molecule has 0 bridgehead atoms. The van der Waals surface area contributed by atoms with Gasteiger partial charge < -0.3 is 34.1 Å². The fourth-order valence-corrected chi connectivity index (χ4v) is 5.01. The molecule has 2 heterocycles. The number of allylic oxidation sites excluding steroid dienone is 1. The number of halogens is 1. The van der Waals surface area contributed by atoms with Gasteiger partial charge in [-0.15, -0.1) is 0 Å². The van der Waals surface area contributed by atoms with Gasteiger partial charge in [0.15, 0.2) is 11.6 Å². The van der Waals surface area contributed by atoms with Crippen LogP contribution in [0.15, 0.2) is 53.5 Å². The smallest absolute Gasteiger partial charge is 0.488 e. The predicted octanol–water partition coefficient (Wildman–Crippen LogP) is 5.28. The summed E-state index contributed by atoms with van der Waals surface area (Å²) in [6.07, 6.45) is 0.275. The summed E-state index contributed by atoms with van der Waals surface area (Å²) in [7, 11) is -0.736. The van der Waals surface area contributed by atoms with E-state index in [1.54, 1.807) is 31.7 Å². The average Bonchev–Trinajstić information content (AvgIpc) is 2.82. The molecule has 0 aliphatic carbocycles. The molecule has 41 heavy (non-hydrogen) atoms. The van der Waals surface area contributed by atoms with E-state index in [9.17, 15) is 14.7 Å². The molecule has 2 aliphatic heterocycles. The minimum absolute atomic E-state index is 0.0163. The van der Waals surface area contributed by atoms with Crippen molar-refractivity contribution in [2.75, 3.05) is 19.8 Å². The number of alkyl halides is 1.